The van der Waals surface area contributed by atoms with Gasteiger partial charge in [0.2, 0.25) is 0 Å². The van der Waals surface area contributed by atoms with Crippen molar-refractivity contribution >= 4 is 34.3 Å². The molecule has 0 radical (unpaired) electrons. The van der Waals surface area contributed by atoms with Gasteiger partial charge < -0.3 is 0 Å². The summed E-state index contributed by atoms with van der Waals surface area (Å²) in [7, 11) is 0. The summed E-state index contributed by atoms with van der Waals surface area (Å²) < 4.78 is 0. The second-order valence-corrected chi connectivity index (χ2v) is 4.35. The van der Waals surface area contributed by atoms with Crippen LogP contribution in [0.3, 0.4) is 0 Å². The van der Waals surface area contributed by atoms with Crippen molar-refractivity contribution in [3.63, 3.8) is 0 Å². The molecule has 0 bridgehead atoms. The molecule has 1 heterocycles. The molecule has 1 nitrogen and oxygen atoms in total. The van der Waals surface area contributed by atoms with Gasteiger partial charge in [-0.25, -0.2) is 0 Å². The van der Waals surface area contributed by atoms with Gasteiger partial charge in [0.05, 0.1) is 10.5 Å². The lowest BCUT2D eigenvalue weighted by Crippen LogP contribution is -1.83. The van der Waals surface area contributed by atoms with Crippen LogP contribution in [0, 0.1) is 0 Å². The number of halogens is 1. The van der Waals surface area contributed by atoms with E-state index in [0.717, 1.165) is 21.7 Å². The molecule has 0 aliphatic heterocycles. The van der Waals surface area contributed by atoms with Gasteiger partial charge in [-0.3, -0.25) is 4.98 Å². The maximum absolute atomic E-state index is 6.08. The molecule has 72 valence electrons. The lowest BCUT2D eigenvalue weighted by Gasteiger charge is -2.02. The highest BCUT2D eigenvalue weighted by Gasteiger charge is 2.00. The molecule has 0 spiro atoms. The molecule has 2 aromatic rings. The maximum Gasteiger partial charge on any atom is 0.0717 e. The van der Waals surface area contributed by atoms with E-state index in [1.807, 2.05) is 12.1 Å². The predicted octanol–water partition coefficient (Wildman–Crippen LogP) is 3.75. The molecule has 0 saturated carbocycles. The summed E-state index contributed by atoms with van der Waals surface area (Å²) in [5, 5.41) is 1.82. The van der Waals surface area contributed by atoms with Crippen LogP contribution in [-0.2, 0) is 5.75 Å². The maximum atomic E-state index is 6.08. The summed E-state index contributed by atoms with van der Waals surface area (Å²) >= 11 is 7.89. The van der Waals surface area contributed by atoms with Crippen molar-refractivity contribution in [1.29, 1.82) is 0 Å². The Morgan fingerprint density at radius 2 is 2.21 bits per heavy atom. The van der Waals surface area contributed by atoms with Gasteiger partial charge >= 0.3 is 0 Å². The van der Waals surface area contributed by atoms with Crippen molar-refractivity contribution in [2.75, 3.05) is 6.26 Å². The second-order valence-electron chi connectivity index (χ2n) is 3.08. The third-order valence-corrected chi connectivity index (χ3v) is 3.02. The molecule has 0 aliphatic carbocycles. The Morgan fingerprint density at radius 1 is 1.36 bits per heavy atom. The topological polar surface area (TPSA) is 12.9 Å². The third kappa shape index (κ3) is 1.86. The first-order chi connectivity index (χ1) is 6.81. The first-order valence-corrected chi connectivity index (χ1v) is 6.10. The zero-order valence-corrected chi connectivity index (χ0v) is 9.40. The van der Waals surface area contributed by atoms with Crippen LogP contribution in [0.25, 0.3) is 10.9 Å². The monoisotopic (exact) mass is 223 g/mol. The van der Waals surface area contributed by atoms with Gasteiger partial charge in [0.25, 0.3) is 0 Å². The van der Waals surface area contributed by atoms with Crippen molar-refractivity contribution < 1.29 is 0 Å². The van der Waals surface area contributed by atoms with Crippen LogP contribution >= 0.6 is 23.4 Å². The molecule has 0 N–H and O–H groups in total. The van der Waals surface area contributed by atoms with Crippen LogP contribution in [0.1, 0.15) is 5.56 Å². The Hall–Kier alpha value is -0.730. The molecule has 1 aromatic heterocycles. The number of rotatable bonds is 2. The second kappa shape index (κ2) is 4.20. The van der Waals surface area contributed by atoms with E-state index in [-0.39, 0.29) is 0 Å². The minimum Gasteiger partial charge on any atom is -0.256 e. The Labute approximate surface area is 92.5 Å². The van der Waals surface area contributed by atoms with Crippen LogP contribution in [0.15, 0.2) is 30.5 Å². The molecule has 3 heteroatoms. The molecule has 1 aromatic carbocycles. The molecule has 0 aliphatic rings. The summed E-state index contributed by atoms with van der Waals surface area (Å²) in [6.45, 7) is 0. The number of aromatic nitrogens is 1. The smallest absolute Gasteiger partial charge is 0.0717 e. The average molecular weight is 224 g/mol. The quantitative estimate of drug-likeness (QED) is 0.769. The van der Waals surface area contributed by atoms with Crippen molar-refractivity contribution in [1.82, 2.24) is 4.98 Å². The van der Waals surface area contributed by atoms with Gasteiger partial charge in [0, 0.05) is 17.3 Å². The van der Waals surface area contributed by atoms with Crippen LogP contribution in [0.5, 0.6) is 0 Å². The summed E-state index contributed by atoms with van der Waals surface area (Å²) in [6.07, 6.45) is 3.83. The summed E-state index contributed by atoms with van der Waals surface area (Å²) in [5.41, 5.74) is 2.25. The van der Waals surface area contributed by atoms with Gasteiger partial charge in [-0.1, -0.05) is 17.7 Å². The normalized spacial score (nSPS) is 10.7. The number of hydrogen-bond acceptors (Lipinski definition) is 2. The fourth-order valence-electron chi connectivity index (χ4n) is 1.42. The first kappa shape index (κ1) is 9.81. The molecular formula is C11H10ClNS. The lowest BCUT2D eigenvalue weighted by atomic mass is 10.1. The van der Waals surface area contributed by atoms with E-state index in [2.05, 4.69) is 23.4 Å². The number of nitrogens with zero attached hydrogens (tertiary/aromatic N) is 1. The van der Waals surface area contributed by atoms with Gasteiger partial charge in [-0.05, 0) is 30.0 Å². The summed E-state index contributed by atoms with van der Waals surface area (Å²) in [5.74, 6) is 1.02. The van der Waals surface area contributed by atoms with Crippen molar-refractivity contribution in [2.45, 2.75) is 5.75 Å². The van der Waals surface area contributed by atoms with E-state index in [4.69, 9.17) is 11.6 Å². The average Bonchev–Trinajstić information content (AvgIpc) is 2.20. The van der Waals surface area contributed by atoms with E-state index in [0.29, 0.717) is 0 Å². The summed E-state index contributed by atoms with van der Waals surface area (Å²) in [4.78, 5) is 4.25. The Kier molecular flexibility index (Phi) is 2.94. The molecule has 2 rings (SSSR count). The van der Waals surface area contributed by atoms with E-state index in [9.17, 15) is 0 Å². The van der Waals surface area contributed by atoms with Crippen molar-refractivity contribution in [3.8, 4) is 0 Å². The Bertz CT molecular complexity index is 456. The highest BCUT2D eigenvalue weighted by Crippen LogP contribution is 2.23. The van der Waals surface area contributed by atoms with Crippen LogP contribution < -0.4 is 0 Å². The molecule has 0 saturated heterocycles. The molecule has 14 heavy (non-hydrogen) atoms. The minimum absolute atomic E-state index is 0.776. The van der Waals surface area contributed by atoms with Gasteiger partial charge in [-0.15, -0.1) is 0 Å². The fourth-order valence-corrected chi connectivity index (χ4v) is 2.14. The minimum atomic E-state index is 0.776. The van der Waals surface area contributed by atoms with E-state index in [1.54, 1.807) is 18.0 Å². The standard InChI is InChI=1S/C11H10ClNS/c1-14-7-8-2-3-11-9(6-8)10(12)4-5-13-11/h2-6H,7H2,1H3. The Balaban J connectivity index is 2.58. The van der Waals surface area contributed by atoms with Gasteiger partial charge in [0.1, 0.15) is 0 Å². The fraction of sp³-hybridized carbons (Fsp3) is 0.182. The SMILES string of the molecule is CSCc1ccc2nccc(Cl)c2c1. The number of fused-ring (bicyclic) bond motifs is 1. The van der Waals surface area contributed by atoms with Crippen LogP contribution in [-0.4, -0.2) is 11.2 Å². The largest absolute Gasteiger partial charge is 0.256 e. The van der Waals surface area contributed by atoms with Gasteiger partial charge in [-0.2, -0.15) is 11.8 Å². The summed E-state index contributed by atoms with van der Waals surface area (Å²) in [6, 6.07) is 8.06. The molecular weight excluding hydrogens is 214 g/mol. The van der Waals surface area contributed by atoms with Crippen LogP contribution in [0.2, 0.25) is 5.02 Å². The highest BCUT2D eigenvalue weighted by atomic mass is 35.5. The zero-order chi connectivity index (χ0) is 9.97. The van der Waals surface area contributed by atoms with E-state index >= 15 is 0 Å². The first-order valence-electron chi connectivity index (χ1n) is 4.33. The number of thioether (sulfide) groups is 1. The third-order valence-electron chi connectivity index (χ3n) is 2.06. The number of pyridine rings is 1. The predicted molar refractivity (Wildman–Crippen MR) is 64.0 cm³/mol. The molecule has 0 amide bonds. The molecule has 0 atom stereocenters. The van der Waals surface area contributed by atoms with Crippen LogP contribution in [0.4, 0.5) is 0 Å². The lowest BCUT2D eigenvalue weighted by molar-refractivity contribution is 1.38. The van der Waals surface area contributed by atoms with E-state index in [1.165, 1.54) is 5.56 Å². The number of hydrogen-bond donors (Lipinski definition) is 0. The molecule has 0 fully saturated rings. The van der Waals surface area contributed by atoms with Gasteiger partial charge in [0.15, 0.2) is 0 Å². The number of benzene rings is 1. The Morgan fingerprint density at radius 3 is 3.00 bits per heavy atom. The van der Waals surface area contributed by atoms with Crippen molar-refractivity contribution in [2.24, 2.45) is 0 Å². The van der Waals surface area contributed by atoms with E-state index < -0.39 is 0 Å². The molecule has 0 unspecified atom stereocenters. The highest BCUT2D eigenvalue weighted by molar-refractivity contribution is 7.97. The zero-order valence-electron chi connectivity index (χ0n) is 7.83. The van der Waals surface area contributed by atoms with Crippen molar-refractivity contribution in [3.05, 3.63) is 41.0 Å².